The molecule has 3 heterocycles. The van der Waals surface area contributed by atoms with Gasteiger partial charge in [-0.2, -0.15) is 0 Å². The zero-order valence-corrected chi connectivity index (χ0v) is 23.5. The van der Waals surface area contributed by atoms with E-state index in [0.717, 1.165) is 0 Å². The molecule has 1 aliphatic rings. The van der Waals surface area contributed by atoms with E-state index >= 15 is 4.39 Å². The van der Waals surface area contributed by atoms with Crippen LogP contribution in [0.5, 0.6) is 5.75 Å². The first-order chi connectivity index (χ1) is 20.8. The van der Waals surface area contributed by atoms with E-state index in [4.69, 9.17) is 9.15 Å². The third-order valence-corrected chi connectivity index (χ3v) is 7.63. The number of carbonyl (C=O) groups excluding carboxylic acids is 2. The molecule has 0 bridgehead atoms. The predicted molar refractivity (Wildman–Crippen MR) is 156 cm³/mol. The Morgan fingerprint density at radius 2 is 1.72 bits per heavy atom. The highest BCUT2D eigenvalue weighted by molar-refractivity contribution is 6.12. The second-order valence-electron chi connectivity index (χ2n) is 10.3. The third kappa shape index (κ3) is 4.77. The van der Waals surface area contributed by atoms with Crippen LogP contribution in [0.4, 0.5) is 8.78 Å². The number of halogens is 2. The van der Waals surface area contributed by atoms with Crippen molar-refractivity contribution in [2.75, 3.05) is 27.2 Å². The van der Waals surface area contributed by atoms with Crippen molar-refractivity contribution in [2.24, 2.45) is 0 Å². The van der Waals surface area contributed by atoms with Gasteiger partial charge in [-0.1, -0.05) is 0 Å². The van der Waals surface area contributed by atoms with Gasteiger partial charge in [0, 0.05) is 43.7 Å². The van der Waals surface area contributed by atoms with Crippen molar-refractivity contribution in [3.05, 3.63) is 101 Å². The van der Waals surface area contributed by atoms with Gasteiger partial charge in [0.1, 0.15) is 34.3 Å². The molecule has 3 aromatic carbocycles. The van der Waals surface area contributed by atoms with Gasteiger partial charge in [-0.25, -0.2) is 18.7 Å². The molecule has 0 atom stereocenters. The fraction of sp³-hybridized carbons (Fsp3) is 0.188. The molecule has 11 heteroatoms. The molecule has 6 rings (SSSR count). The van der Waals surface area contributed by atoms with E-state index in [1.54, 1.807) is 43.6 Å². The minimum Gasteiger partial charge on any atom is -0.496 e. The molecular formula is C32H27F2N5O4. The molecule has 1 aliphatic heterocycles. The van der Waals surface area contributed by atoms with Crippen LogP contribution in [0.25, 0.3) is 33.4 Å². The van der Waals surface area contributed by atoms with Crippen LogP contribution in [0.2, 0.25) is 0 Å². The van der Waals surface area contributed by atoms with Crippen molar-refractivity contribution in [1.82, 2.24) is 25.9 Å². The van der Waals surface area contributed by atoms with Gasteiger partial charge >= 0.3 is 0 Å². The molecule has 0 unspecified atom stereocenters. The maximum Gasteiger partial charge on any atom is 0.255 e. The summed E-state index contributed by atoms with van der Waals surface area (Å²) < 4.78 is 41.6. The SMILES string of the molecule is CNC(=O)c1c(-c2ccc(F)cc2)oc2ccc(-c3cc(C(=O)NC4(c5ncccn5)CNC4)c(OC)cc3C)c(F)c12. The molecule has 1 saturated heterocycles. The lowest BCUT2D eigenvalue weighted by Crippen LogP contribution is -2.67. The summed E-state index contributed by atoms with van der Waals surface area (Å²) in [6.07, 6.45) is 3.23. The molecule has 3 N–H and O–H groups in total. The lowest BCUT2D eigenvalue weighted by molar-refractivity contribution is 0.0838. The quantitative estimate of drug-likeness (QED) is 0.253. The van der Waals surface area contributed by atoms with E-state index in [1.165, 1.54) is 44.5 Å². The van der Waals surface area contributed by atoms with Crippen molar-refractivity contribution in [2.45, 2.75) is 12.5 Å². The van der Waals surface area contributed by atoms with Crippen molar-refractivity contribution < 1.29 is 27.5 Å². The van der Waals surface area contributed by atoms with Gasteiger partial charge < -0.3 is 25.1 Å². The van der Waals surface area contributed by atoms with Crippen LogP contribution in [0.1, 0.15) is 32.1 Å². The Kier molecular flexibility index (Phi) is 7.10. The number of amides is 2. The van der Waals surface area contributed by atoms with Crippen molar-refractivity contribution in [3.8, 4) is 28.2 Å². The van der Waals surface area contributed by atoms with Crippen LogP contribution in [0.3, 0.4) is 0 Å². The topological polar surface area (TPSA) is 118 Å². The Balaban J connectivity index is 1.47. The summed E-state index contributed by atoms with van der Waals surface area (Å²) in [6.45, 7) is 2.65. The van der Waals surface area contributed by atoms with E-state index in [9.17, 15) is 14.0 Å². The van der Waals surface area contributed by atoms with Gasteiger partial charge in [-0.05, 0) is 72.6 Å². The standard InChI is InChI=1S/C32H27F2N5O4/c1-17-13-24(42-3)22(29(40)39-32(15-36-16-32)31-37-11-4-12-38-31)14-21(17)20-9-10-23-25(27(20)34)26(30(41)35-2)28(43-23)18-5-7-19(33)8-6-18/h4-14,36H,15-16H2,1-3H3,(H,35,41)(H,39,40). The van der Waals surface area contributed by atoms with Crippen LogP contribution in [0.15, 0.2) is 71.4 Å². The number of ether oxygens (including phenoxy) is 1. The summed E-state index contributed by atoms with van der Waals surface area (Å²) in [5.74, 6) is -1.28. The Morgan fingerprint density at radius 1 is 1.00 bits per heavy atom. The number of hydrogen-bond acceptors (Lipinski definition) is 7. The second-order valence-corrected chi connectivity index (χ2v) is 10.3. The molecule has 0 aliphatic carbocycles. The number of benzene rings is 3. The first kappa shape index (κ1) is 28.0. The second kappa shape index (κ2) is 10.9. The number of rotatable bonds is 7. The predicted octanol–water partition coefficient (Wildman–Crippen LogP) is 4.74. The summed E-state index contributed by atoms with van der Waals surface area (Å²) in [4.78, 5) is 35.4. The molecule has 1 fully saturated rings. The molecule has 2 aromatic heterocycles. The zero-order valence-electron chi connectivity index (χ0n) is 23.5. The number of nitrogens with zero attached hydrogens (tertiary/aromatic N) is 2. The Hall–Kier alpha value is -5.16. The molecule has 2 amide bonds. The maximum atomic E-state index is 16.5. The number of furan rings is 1. The molecule has 0 radical (unpaired) electrons. The van der Waals surface area contributed by atoms with Gasteiger partial charge in [0.25, 0.3) is 11.8 Å². The third-order valence-electron chi connectivity index (χ3n) is 7.63. The number of carbonyl (C=O) groups is 2. The van der Waals surface area contributed by atoms with E-state index in [2.05, 4.69) is 25.9 Å². The lowest BCUT2D eigenvalue weighted by atomic mass is 9.90. The van der Waals surface area contributed by atoms with Gasteiger partial charge in [-0.15, -0.1) is 0 Å². The lowest BCUT2D eigenvalue weighted by Gasteiger charge is -2.41. The number of fused-ring (bicyclic) bond motifs is 1. The first-order valence-electron chi connectivity index (χ1n) is 13.5. The number of nitrogens with one attached hydrogen (secondary N) is 3. The van der Waals surface area contributed by atoms with Gasteiger partial charge in [0.2, 0.25) is 0 Å². The average Bonchev–Trinajstić information content (AvgIpc) is 3.40. The Morgan fingerprint density at radius 3 is 2.35 bits per heavy atom. The number of aromatic nitrogens is 2. The van der Waals surface area contributed by atoms with E-state index in [1.807, 2.05) is 0 Å². The maximum absolute atomic E-state index is 16.5. The normalized spacial score (nSPS) is 13.8. The molecule has 5 aromatic rings. The van der Waals surface area contributed by atoms with Gasteiger partial charge in [-0.3, -0.25) is 9.59 Å². The van der Waals surface area contributed by atoms with E-state index < -0.39 is 29.0 Å². The highest BCUT2D eigenvalue weighted by Crippen LogP contribution is 2.40. The minimum atomic E-state index is -0.811. The van der Waals surface area contributed by atoms with Crippen LogP contribution < -0.4 is 20.7 Å². The number of methoxy groups -OCH3 is 1. The van der Waals surface area contributed by atoms with Gasteiger partial charge in [0.05, 0.1) is 23.6 Å². The number of hydrogen-bond donors (Lipinski definition) is 3. The van der Waals surface area contributed by atoms with Crippen LogP contribution in [0, 0.1) is 18.6 Å². The molecule has 0 spiro atoms. The van der Waals surface area contributed by atoms with Crippen LogP contribution in [-0.4, -0.2) is 49.0 Å². The molecular weight excluding hydrogens is 556 g/mol. The van der Waals surface area contributed by atoms with Crippen molar-refractivity contribution >= 4 is 22.8 Å². The Bertz CT molecular complexity index is 1870. The summed E-state index contributed by atoms with van der Waals surface area (Å²) in [5, 5.41) is 8.71. The van der Waals surface area contributed by atoms with Crippen molar-refractivity contribution in [3.63, 3.8) is 0 Å². The molecule has 0 saturated carbocycles. The van der Waals surface area contributed by atoms with Crippen molar-refractivity contribution in [1.29, 1.82) is 0 Å². The van der Waals surface area contributed by atoms with Crippen LogP contribution in [-0.2, 0) is 5.54 Å². The summed E-state index contributed by atoms with van der Waals surface area (Å²) in [7, 11) is 2.89. The molecule has 9 nitrogen and oxygen atoms in total. The highest BCUT2D eigenvalue weighted by Gasteiger charge is 2.43. The Labute approximate surface area is 245 Å². The smallest absolute Gasteiger partial charge is 0.255 e. The monoisotopic (exact) mass is 583 g/mol. The molecule has 43 heavy (non-hydrogen) atoms. The van der Waals surface area contributed by atoms with Gasteiger partial charge in [0.15, 0.2) is 5.82 Å². The average molecular weight is 584 g/mol. The fourth-order valence-electron chi connectivity index (χ4n) is 5.33. The van der Waals surface area contributed by atoms with E-state index in [-0.39, 0.29) is 33.4 Å². The van der Waals surface area contributed by atoms with Crippen LogP contribution >= 0.6 is 0 Å². The first-order valence-corrected chi connectivity index (χ1v) is 13.5. The summed E-state index contributed by atoms with van der Waals surface area (Å²) >= 11 is 0. The largest absolute Gasteiger partial charge is 0.496 e. The molecule has 218 valence electrons. The van der Waals surface area contributed by atoms with E-state index in [0.29, 0.717) is 41.4 Å². The highest BCUT2D eigenvalue weighted by atomic mass is 19.1. The minimum absolute atomic E-state index is 0.0186. The number of aryl methyl sites for hydroxylation is 1. The summed E-state index contributed by atoms with van der Waals surface area (Å²) in [6, 6.07) is 13.4. The zero-order chi connectivity index (χ0) is 30.3. The summed E-state index contributed by atoms with van der Waals surface area (Å²) in [5.41, 5.74) is 1.14. The fourth-order valence-corrected chi connectivity index (χ4v) is 5.33.